The molecule has 110 valence electrons. The van der Waals surface area contributed by atoms with E-state index in [9.17, 15) is 4.79 Å². The molecule has 1 aliphatic rings. The highest BCUT2D eigenvalue weighted by Gasteiger charge is 2.37. The maximum Gasteiger partial charge on any atom is 0.411 e. The summed E-state index contributed by atoms with van der Waals surface area (Å²) in [7, 11) is 0. The maximum atomic E-state index is 12.4. The minimum atomic E-state index is -0.473. The number of carbonyl (C=O) groups is 1. The third kappa shape index (κ3) is 3.24. The number of ether oxygens (including phenoxy) is 1. The number of hydrogen-bond donors (Lipinski definition) is 1. The maximum absolute atomic E-state index is 12.4. The molecule has 2 atom stereocenters. The Hall–Kier alpha value is -1.71. The van der Waals surface area contributed by atoms with Gasteiger partial charge in [0.15, 0.2) is 0 Å². The van der Waals surface area contributed by atoms with Crippen molar-refractivity contribution in [3.63, 3.8) is 0 Å². The predicted molar refractivity (Wildman–Crippen MR) is 80.4 cm³/mol. The Morgan fingerprint density at radius 3 is 2.65 bits per heavy atom. The molecular formula is C16H24N2O2. The van der Waals surface area contributed by atoms with E-state index in [1.165, 1.54) is 0 Å². The molecule has 1 aromatic rings. The molecule has 1 fully saturated rings. The number of nitrogens with zero attached hydrogens (tertiary/aromatic N) is 1. The predicted octanol–water partition coefficient (Wildman–Crippen LogP) is 3.73. The van der Waals surface area contributed by atoms with Crippen LogP contribution in [0.15, 0.2) is 24.3 Å². The average molecular weight is 276 g/mol. The van der Waals surface area contributed by atoms with E-state index < -0.39 is 5.60 Å². The lowest BCUT2D eigenvalue weighted by Crippen LogP contribution is -2.40. The first-order chi connectivity index (χ1) is 9.28. The van der Waals surface area contributed by atoms with E-state index in [0.29, 0.717) is 0 Å². The lowest BCUT2D eigenvalue weighted by atomic mass is 10.0. The summed E-state index contributed by atoms with van der Waals surface area (Å²) in [4.78, 5) is 14.3. The normalized spacial score (nSPS) is 22.9. The van der Waals surface area contributed by atoms with E-state index in [-0.39, 0.29) is 18.2 Å². The fourth-order valence-corrected chi connectivity index (χ4v) is 2.70. The number of amides is 1. The number of carbonyl (C=O) groups excluding carboxylic acids is 1. The average Bonchev–Trinajstić information content (AvgIpc) is 2.69. The number of nitrogens with two attached hydrogens (primary N) is 1. The van der Waals surface area contributed by atoms with Crippen molar-refractivity contribution >= 4 is 11.8 Å². The lowest BCUT2D eigenvalue weighted by Gasteiger charge is -2.31. The van der Waals surface area contributed by atoms with Gasteiger partial charge in [0.05, 0.1) is 6.04 Å². The van der Waals surface area contributed by atoms with E-state index in [1.807, 2.05) is 49.9 Å². The largest absolute Gasteiger partial charge is 0.444 e. The standard InChI is InChI=1S/C16H24N2O2/c1-11-8-9-14(12-6-5-7-13(17)10-12)18(11)15(19)20-16(2,3)4/h5-7,10-11,14H,8-9,17H2,1-4H3/t11-,14-/m0/s1. The van der Waals surface area contributed by atoms with Gasteiger partial charge in [-0.2, -0.15) is 0 Å². The van der Waals surface area contributed by atoms with Gasteiger partial charge in [-0.05, 0) is 58.2 Å². The molecule has 0 radical (unpaired) electrons. The Morgan fingerprint density at radius 1 is 1.35 bits per heavy atom. The van der Waals surface area contributed by atoms with Gasteiger partial charge in [0.2, 0.25) is 0 Å². The summed E-state index contributed by atoms with van der Waals surface area (Å²) in [6.45, 7) is 7.74. The molecule has 1 saturated heterocycles. The van der Waals surface area contributed by atoms with E-state index in [1.54, 1.807) is 0 Å². The minimum absolute atomic E-state index is 0.0587. The number of nitrogen functional groups attached to an aromatic ring is 1. The highest BCUT2D eigenvalue weighted by Crippen LogP contribution is 2.37. The van der Waals surface area contributed by atoms with Gasteiger partial charge in [0.25, 0.3) is 0 Å². The van der Waals surface area contributed by atoms with Crippen molar-refractivity contribution in [1.29, 1.82) is 0 Å². The molecule has 0 saturated carbocycles. The van der Waals surface area contributed by atoms with Gasteiger partial charge in [0.1, 0.15) is 5.60 Å². The van der Waals surface area contributed by atoms with Crippen LogP contribution in [-0.2, 0) is 4.74 Å². The second-order valence-electron chi connectivity index (χ2n) is 6.50. The summed E-state index contributed by atoms with van der Waals surface area (Å²) < 4.78 is 5.53. The number of rotatable bonds is 1. The summed E-state index contributed by atoms with van der Waals surface area (Å²) in [6, 6.07) is 8.01. The molecule has 1 amide bonds. The Balaban J connectivity index is 2.23. The molecule has 0 aromatic heterocycles. The molecular weight excluding hydrogens is 252 g/mol. The van der Waals surface area contributed by atoms with Crippen molar-refractivity contribution in [3.8, 4) is 0 Å². The quantitative estimate of drug-likeness (QED) is 0.795. The van der Waals surface area contributed by atoms with Gasteiger partial charge in [-0.25, -0.2) is 4.79 Å². The third-order valence-electron chi connectivity index (χ3n) is 3.57. The van der Waals surface area contributed by atoms with Crippen LogP contribution in [0.5, 0.6) is 0 Å². The van der Waals surface area contributed by atoms with Crippen LogP contribution in [0.2, 0.25) is 0 Å². The fraction of sp³-hybridized carbons (Fsp3) is 0.562. The van der Waals surface area contributed by atoms with Gasteiger partial charge < -0.3 is 10.5 Å². The topological polar surface area (TPSA) is 55.6 Å². The molecule has 0 aliphatic carbocycles. The zero-order valence-corrected chi connectivity index (χ0v) is 12.7. The molecule has 2 rings (SSSR count). The zero-order chi connectivity index (χ0) is 14.9. The molecule has 0 spiro atoms. The lowest BCUT2D eigenvalue weighted by molar-refractivity contribution is 0.0158. The second kappa shape index (κ2) is 5.35. The van der Waals surface area contributed by atoms with Gasteiger partial charge >= 0.3 is 6.09 Å². The van der Waals surface area contributed by atoms with Gasteiger partial charge in [-0.15, -0.1) is 0 Å². The number of benzene rings is 1. The summed E-state index contributed by atoms with van der Waals surface area (Å²) >= 11 is 0. The van der Waals surface area contributed by atoms with Gasteiger partial charge in [-0.3, -0.25) is 4.90 Å². The number of anilines is 1. The Morgan fingerprint density at radius 2 is 2.05 bits per heavy atom. The SMILES string of the molecule is C[C@H]1CC[C@@H](c2cccc(N)c2)N1C(=O)OC(C)(C)C. The van der Waals surface area contributed by atoms with Gasteiger partial charge in [-0.1, -0.05) is 12.1 Å². The third-order valence-corrected chi connectivity index (χ3v) is 3.57. The monoisotopic (exact) mass is 276 g/mol. The van der Waals surface area contributed by atoms with E-state index in [4.69, 9.17) is 10.5 Å². The molecule has 1 heterocycles. The van der Waals surface area contributed by atoms with Crippen molar-refractivity contribution in [2.45, 2.75) is 58.2 Å². The molecule has 4 heteroatoms. The first-order valence-corrected chi connectivity index (χ1v) is 7.14. The van der Waals surface area contributed by atoms with Crippen molar-refractivity contribution < 1.29 is 9.53 Å². The smallest absolute Gasteiger partial charge is 0.411 e. The van der Waals surface area contributed by atoms with Crippen LogP contribution in [0.4, 0.5) is 10.5 Å². The first-order valence-electron chi connectivity index (χ1n) is 7.14. The molecule has 1 aliphatic heterocycles. The van der Waals surface area contributed by atoms with Crippen molar-refractivity contribution in [3.05, 3.63) is 29.8 Å². The second-order valence-corrected chi connectivity index (χ2v) is 6.50. The number of hydrogen-bond acceptors (Lipinski definition) is 3. The van der Waals surface area contributed by atoms with Crippen molar-refractivity contribution in [2.75, 3.05) is 5.73 Å². The van der Waals surface area contributed by atoms with E-state index >= 15 is 0 Å². The Bertz CT molecular complexity index is 493. The summed E-state index contributed by atoms with van der Waals surface area (Å²) in [5, 5.41) is 0. The summed E-state index contributed by atoms with van der Waals surface area (Å²) in [6.07, 6.45) is 1.69. The van der Waals surface area contributed by atoms with Gasteiger partial charge in [0, 0.05) is 11.7 Å². The summed E-state index contributed by atoms with van der Waals surface area (Å²) in [5.74, 6) is 0. The minimum Gasteiger partial charge on any atom is -0.444 e. The van der Waals surface area contributed by atoms with Crippen molar-refractivity contribution in [2.24, 2.45) is 0 Å². The van der Waals surface area contributed by atoms with Crippen LogP contribution in [0.25, 0.3) is 0 Å². The highest BCUT2D eigenvalue weighted by atomic mass is 16.6. The summed E-state index contributed by atoms with van der Waals surface area (Å²) in [5.41, 5.74) is 7.19. The van der Waals surface area contributed by atoms with Crippen LogP contribution in [0.1, 0.15) is 52.1 Å². The molecule has 4 nitrogen and oxygen atoms in total. The zero-order valence-electron chi connectivity index (χ0n) is 12.7. The highest BCUT2D eigenvalue weighted by molar-refractivity contribution is 5.70. The van der Waals surface area contributed by atoms with Crippen LogP contribution < -0.4 is 5.73 Å². The molecule has 20 heavy (non-hydrogen) atoms. The van der Waals surface area contributed by atoms with Crippen LogP contribution >= 0.6 is 0 Å². The van der Waals surface area contributed by atoms with Crippen LogP contribution in [0, 0.1) is 0 Å². The molecule has 0 unspecified atom stereocenters. The number of likely N-dealkylation sites (tertiary alicyclic amines) is 1. The Labute approximate surface area is 120 Å². The molecule has 1 aromatic carbocycles. The van der Waals surface area contributed by atoms with Crippen LogP contribution in [0.3, 0.4) is 0 Å². The first kappa shape index (κ1) is 14.7. The van der Waals surface area contributed by atoms with Crippen LogP contribution in [-0.4, -0.2) is 22.6 Å². The fourth-order valence-electron chi connectivity index (χ4n) is 2.70. The molecule has 0 bridgehead atoms. The van der Waals surface area contributed by atoms with E-state index in [0.717, 1.165) is 24.1 Å². The molecule has 2 N–H and O–H groups in total. The van der Waals surface area contributed by atoms with E-state index in [2.05, 4.69) is 6.92 Å². The van der Waals surface area contributed by atoms with Crippen molar-refractivity contribution in [1.82, 2.24) is 4.90 Å². The Kier molecular flexibility index (Phi) is 3.93.